The number of rotatable bonds is 3. The standard InChI is InChI=1S/C15H27N3O2/c1-12(18-10-6-3-7-11-18)14(19)17-15(20)16-13-8-4-2-5-9-13/h12-13H,2-11H2,1H3,(H2,16,17,19,20)/p+1/t12-/m0/s1. The van der Waals surface area contributed by atoms with E-state index < -0.39 is 0 Å². The van der Waals surface area contributed by atoms with Gasteiger partial charge in [-0.25, -0.2) is 4.79 Å². The van der Waals surface area contributed by atoms with Gasteiger partial charge in [0.15, 0.2) is 6.04 Å². The minimum Gasteiger partial charge on any atom is -0.335 e. The van der Waals surface area contributed by atoms with Crippen LogP contribution in [0.1, 0.15) is 58.3 Å². The molecular weight excluding hydrogens is 254 g/mol. The molecule has 3 N–H and O–H groups in total. The molecule has 1 aliphatic heterocycles. The largest absolute Gasteiger partial charge is 0.335 e. The van der Waals surface area contributed by atoms with E-state index >= 15 is 0 Å². The molecule has 5 heteroatoms. The number of hydrogen-bond acceptors (Lipinski definition) is 2. The minimum atomic E-state index is -0.315. The molecule has 2 fully saturated rings. The predicted octanol–water partition coefficient (Wildman–Crippen LogP) is 0.602. The topological polar surface area (TPSA) is 62.6 Å². The number of hydrogen-bond donors (Lipinski definition) is 3. The van der Waals surface area contributed by atoms with Gasteiger partial charge in [-0.05, 0) is 39.0 Å². The van der Waals surface area contributed by atoms with Crippen molar-refractivity contribution < 1.29 is 14.5 Å². The summed E-state index contributed by atoms with van der Waals surface area (Å²) in [5.74, 6) is -0.143. The first kappa shape index (κ1) is 15.3. The quantitative estimate of drug-likeness (QED) is 0.710. The van der Waals surface area contributed by atoms with Crippen LogP contribution in [0.15, 0.2) is 0 Å². The van der Waals surface area contributed by atoms with Crippen molar-refractivity contribution in [1.29, 1.82) is 0 Å². The minimum absolute atomic E-state index is 0.132. The highest BCUT2D eigenvalue weighted by molar-refractivity contribution is 5.96. The van der Waals surface area contributed by atoms with Crippen LogP contribution in [0.4, 0.5) is 4.79 Å². The number of imide groups is 1. The predicted molar refractivity (Wildman–Crippen MR) is 77.6 cm³/mol. The van der Waals surface area contributed by atoms with E-state index in [9.17, 15) is 9.59 Å². The van der Waals surface area contributed by atoms with Crippen molar-refractivity contribution >= 4 is 11.9 Å². The lowest BCUT2D eigenvalue weighted by molar-refractivity contribution is -0.918. The van der Waals surface area contributed by atoms with Crippen LogP contribution in [0.3, 0.4) is 0 Å². The molecule has 2 rings (SSSR count). The summed E-state index contributed by atoms with van der Waals surface area (Å²) in [5, 5.41) is 5.44. The SMILES string of the molecule is C[C@@H](C(=O)NC(=O)NC1CCCCC1)[NH+]1CCCCC1. The number of likely N-dealkylation sites (tertiary alicyclic amines) is 1. The summed E-state index contributed by atoms with van der Waals surface area (Å²) in [6.07, 6.45) is 9.31. The van der Waals surface area contributed by atoms with Gasteiger partial charge in [0.05, 0.1) is 13.1 Å². The number of carbonyl (C=O) groups excluding carboxylic acids is 2. The highest BCUT2D eigenvalue weighted by atomic mass is 16.2. The Morgan fingerprint density at radius 2 is 1.60 bits per heavy atom. The van der Waals surface area contributed by atoms with Crippen molar-refractivity contribution in [3.05, 3.63) is 0 Å². The molecule has 114 valence electrons. The molecule has 3 amide bonds. The number of piperidine rings is 1. The zero-order chi connectivity index (χ0) is 14.4. The lowest BCUT2D eigenvalue weighted by Gasteiger charge is -2.28. The molecule has 1 aliphatic carbocycles. The van der Waals surface area contributed by atoms with E-state index in [1.54, 1.807) is 0 Å². The molecule has 1 saturated heterocycles. The fourth-order valence-electron chi connectivity index (χ4n) is 3.31. The Labute approximate surface area is 121 Å². The monoisotopic (exact) mass is 282 g/mol. The third-order valence-corrected chi connectivity index (χ3v) is 4.68. The second-order valence-electron chi connectivity index (χ2n) is 6.24. The fraction of sp³-hybridized carbons (Fsp3) is 0.867. The number of amides is 3. The Kier molecular flexibility index (Phi) is 5.83. The zero-order valence-electron chi connectivity index (χ0n) is 12.5. The van der Waals surface area contributed by atoms with Crippen LogP contribution in [0.2, 0.25) is 0 Å². The highest BCUT2D eigenvalue weighted by Crippen LogP contribution is 2.17. The molecule has 0 spiro atoms. The molecular formula is C15H28N3O2+. The molecule has 0 aromatic rings. The Hall–Kier alpha value is -1.10. The lowest BCUT2D eigenvalue weighted by atomic mass is 9.96. The van der Waals surface area contributed by atoms with Crippen molar-refractivity contribution in [3.63, 3.8) is 0 Å². The molecule has 1 saturated carbocycles. The van der Waals surface area contributed by atoms with Crippen molar-refractivity contribution in [1.82, 2.24) is 10.6 Å². The van der Waals surface area contributed by atoms with Crippen LogP contribution in [0.25, 0.3) is 0 Å². The number of nitrogens with one attached hydrogen (secondary N) is 3. The van der Waals surface area contributed by atoms with Gasteiger partial charge in [-0.15, -0.1) is 0 Å². The van der Waals surface area contributed by atoms with E-state index in [4.69, 9.17) is 0 Å². The number of carbonyl (C=O) groups is 2. The van der Waals surface area contributed by atoms with Crippen LogP contribution in [-0.4, -0.2) is 37.1 Å². The van der Waals surface area contributed by atoms with E-state index in [1.807, 2.05) is 6.92 Å². The Morgan fingerprint density at radius 1 is 1.00 bits per heavy atom. The third-order valence-electron chi connectivity index (χ3n) is 4.68. The Morgan fingerprint density at radius 3 is 2.25 bits per heavy atom. The normalized spacial score (nSPS) is 23.1. The van der Waals surface area contributed by atoms with Crippen LogP contribution in [0.5, 0.6) is 0 Å². The fourth-order valence-corrected chi connectivity index (χ4v) is 3.31. The zero-order valence-corrected chi connectivity index (χ0v) is 12.5. The third kappa shape index (κ3) is 4.47. The smallest absolute Gasteiger partial charge is 0.321 e. The summed E-state index contributed by atoms with van der Waals surface area (Å²) in [6.45, 7) is 4.00. The number of urea groups is 1. The average Bonchev–Trinajstić information content (AvgIpc) is 2.48. The molecule has 5 nitrogen and oxygen atoms in total. The van der Waals surface area contributed by atoms with Crippen LogP contribution in [0, 0.1) is 0 Å². The molecule has 20 heavy (non-hydrogen) atoms. The van der Waals surface area contributed by atoms with Crippen LogP contribution >= 0.6 is 0 Å². The maximum Gasteiger partial charge on any atom is 0.321 e. The Balaban J connectivity index is 1.73. The van der Waals surface area contributed by atoms with Crippen molar-refractivity contribution in [2.75, 3.05) is 13.1 Å². The second-order valence-corrected chi connectivity index (χ2v) is 6.24. The van der Waals surface area contributed by atoms with E-state index in [0.29, 0.717) is 0 Å². The van der Waals surface area contributed by atoms with Gasteiger partial charge < -0.3 is 10.2 Å². The number of quaternary nitrogens is 1. The summed E-state index contributed by atoms with van der Waals surface area (Å²) >= 11 is 0. The molecule has 0 aromatic carbocycles. The first-order valence-electron chi connectivity index (χ1n) is 8.13. The maximum absolute atomic E-state index is 12.1. The summed E-state index contributed by atoms with van der Waals surface area (Å²) in [5.41, 5.74) is 0. The summed E-state index contributed by atoms with van der Waals surface area (Å²) < 4.78 is 0. The first-order valence-corrected chi connectivity index (χ1v) is 8.13. The molecule has 0 unspecified atom stereocenters. The molecule has 0 aromatic heterocycles. The van der Waals surface area contributed by atoms with Gasteiger partial charge >= 0.3 is 6.03 Å². The lowest BCUT2D eigenvalue weighted by Crippen LogP contribution is -3.17. The molecule has 1 atom stereocenters. The van der Waals surface area contributed by atoms with Gasteiger partial charge in [0.25, 0.3) is 5.91 Å². The summed E-state index contributed by atoms with van der Waals surface area (Å²) in [6, 6.07) is -0.202. The van der Waals surface area contributed by atoms with Crippen molar-refractivity contribution in [2.45, 2.75) is 70.4 Å². The van der Waals surface area contributed by atoms with Crippen LogP contribution < -0.4 is 15.5 Å². The van der Waals surface area contributed by atoms with E-state index in [-0.39, 0.29) is 24.0 Å². The summed E-state index contributed by atoms with van der Waals surface area (Å²) in [7, 11) is 0. The Bertz CT molecular complexity index is 334. The summed E-state index contributed by atoms with van der Waals surface area (Å²) in [4.78, 5) is 25.3. The van der Waals surface area contributed by atoms with Gasteiger partial charge in [0, 0.05) is 6.04 Å². The van der Waals surface area contributed by atoms with Gasteiger partial charge in [-0.1, -0.05) is 19.3 Å². The highest BCUT2D eigenvalue weighted by Gasteiger charge is 2.28. The van der Waals surface area contributed by atoms with E-state index in [2.05, 4.69) is 10.6 Å². The molecule has 1 heterocycles. The first-order chi connectivity index (χ1) is 9.66. The van der Waals surface area contributed by atoms with Crippen LogP contribution in [-0.2, 0) is 4.79 Å². The average molecular weight is 282 g/mol. The van der Waals surface area contributed by atoms with Gasteiger partial charge in [-0.2, -0.15) is 0 Å². The van der Waals surface area contributed by atoms with E-state index in [1.165, 1.54) is 43.4 Å². The van der Waals surface area contributed by atoms with Gasteiger partial charge in [0.1, 0.15) is 0 Å². The molecule has 2 aliphatic rings. The van der Waals surface area contributed by atoms with Gasteiger partial charge in [0.2, 0.25) is 0 Å². The van der Waals surface area contributed by atoms with Crippen molar-refractivity contribution in [3.8, 4) is 0 Å². The van der Waals surface area contributed by atoms with Gasteiger partial charge in [-0.3, -0.25) is 10.1 Å². The molecule has 0 bridgehead atoms. The second kappa shape index (κ2) is 7.62. The molecule has 0 radical (unpaired) electrons. The van der Waals surface area contributed by atoms with E-state index in [0.717, 1.165) is 25.9 Å². The maximum atomic E-state index is 12.1. The van der Waals surface area contributed by atoms with Crippen molar-refractivity contribution in [2.24, 2.45) is 0 Å².